The van der Waals surface area contributed by atoms with E-state index >= 15 is 0 Å². The second kappa shape index (κ2) is 7.82. The topological polar surface area (TPSA) is 42.0 Å². The van der Waals surface area contributed by atoms with Gasteiger partial charge in [-0.1, -0.05) is 47.3 Å². The molecule has 1 aromatic rings. The molecule has 5 nitrogen and oxygen atoms in total. The van der Waals surface area contributed by atoms with Gasteiger partial charge in [0.2, 0.25) is 3.79 Å². The number of carbonyl (C=O) groups is 1. The standard InChI is InChI=1S/C27H33Cl3N2O3/c1-34-19-6-5-16-11-22-25-8-7-21-23(17(13-25)14-32(21)24(33)35-15-27(28,29)30)26(25,20(16)12-19)9-10-31(22)18-3-2-4-18/h5-6,12,17-18,21-23H,2-4,7-11,13-15H2,1H3/t17-,21?,22?,23?,25?,26?/m1/s1. The fourth-order valence-corrected chi connectivity index (χ4v) is 9.91. The molecule has 4 bridgehead atoms. The highest BCUT2D eigenvalue weighted by molar-refractivity contribution is 6.67. The molecule has 4 aliphatic carbocycles. The minimum atomic E-state index is -1.59. The average Bonchev–Trinajstić information content (AvgIpc) is 3.23. The largest absolute Gasteiger partial charge is 0.497 e. The molecule has 6 atom stereocenters. The van der Waals surface area contributed by atoms with Crippen LogP contribution in [0, 0.1) is 17.3 Å². The van der Waals surface area contributed by atoms with Crippen LogP contribution >= 0.6 is 34.8 Å². The van der Waals surface area contributed by atoms with Crippen molar-refractivity contribution in [3.05, 3.63) is 29.3 Å². The summed E-state index contributed by atoms with van der Waals surface area (Å²) >= 11 is 17.6. The van der Waals surface area contributed by atoms with Crippen LogP contribution < -0.4 is 4.74 Å². The summed E-state index contributed by atoms with van der Waals surface area (Å²) in [6.07, 6.45) is 9.49. The van der Waals surface area contributed by atoms with Gasteiger partial charge in [-0.3, -0.25) is 4.90 Å². The molecule has 35 heavy (non-hydrogen) atoms. The number of hydrogen-bond donors (Lipinski definition) is 0. The second-order valence-corrected chi connectivity index (χ2v) is 14.4. The number of rotatable bonds is 3. The summed E-state index contributed by atoms with van der Waals surface area (Å²) in [7, 11) is 1.77. The van der Waals surface area contributed by atoms with E-state index in [1.165, 1.54) is 56.2 Å². The van der Waals surface area contributed by atoms with Crippen LogP contribution in [0.3, 0.4) is 0 Å². The molecule has 2 heterocycles. The number of ether oxygens (including phenoxy) is 2. The maximum Gasteiger partial charge on any atom is 0.410 e. The highest BCUT2D eigenvalue weighted by Gasteiger charge is 2.76. The van der Waals surface area contributed by atoms with E-state index in [2.05, 4.69) is 23.1 Å². The lowest BCUT2D eigenvalue weighted by molar-refractivity contribution is -0.123. The summed E-state index contributed by atoms with van der Waals surface area (Å²) < 4.78 is 9.62. The Bertz CT molecular complexity index is 1060. The van der Waals surface area contributed by atoms with Crippen molar-refractivity contribution in [1.82, 2.24) is 9.80 Å². The van der Waals surface area contributed by atoms with E-state index in [1.54, 1.807) is 7.11 Å². The lowest BCUT2D eigenvalue weighted by Gasteiger charge is -2.68. The van der Waals surface area contributed by atoms with E-state index in [0.29, 0.717) is 23.3 Å². The molecule has 190 valence electrons. The summed E-state index contributed by atoms with van der Waals surface area (Å²) in [5, 5.41) is 0. The first kappa shape index (κ1) is 23.3. The van der Waals surface area contributed by atoms with Crippen molar-refractivity contribution in [2.75, 3.05) is 26.8 Å². The number of nitrogens with zero attached hydrogens (tertiary/aromatic N) is 2. The van der Waals surface area contributed by atoms with Gasteiger partial charge in [-0.2, -0.15) is 0 Å². The van der Waals surface area contributed by atoms with Crippen LogP contribution in [-0.2, 0) is 16.6 Å². The van der Waals surface area contributed by atoms with Crippen LogP contribution in [0.25, 0.3) is 0 Å². The zero-order chi connectivity index (χ0) is 24.2. The molecule has 2 saturated heterocycles. The summed E-state index contributed by atoms with van der Waals surface area (Å²) in [6.45, 7) is 1.71. The maximum absolute atomic E-state index is 13.2. The number of halogens is 3. The Labute approximate surface area is 222 Å². The third-order valence-electron chi connectivity index (χ3n) is 10.9. The van der Waals surface area contributed by atoms with Crippen LogP contribution in [0.2, 0.25) is 0 Å². The van der Waals surface area contributed by atoms with Crippen LogP contribution in [0.15, 0.2) is 18.2 Å². The molecule has 0 radical (unpaired) electrons. The van der Waals surface area contributed by atoms with Crippen molar-refractivity contribution in [3.63, 3.8) is 0 Å². The summed E-state index contributed by atoms with van der Waals surface area (Å²) in [5.41, 5.74) is 3.39. The van der Waals surface area contributed by atoms with Gasteiger partial charge in [0, 0.05) is 30.1 Å². The van der Waals surface area contributed by atoms with Gasteiger partial charge in [0.05, 0.1) is 7.11 Å². The molecular weight excluding hydrogens is 507 g/mol. The third-order valence-corrected chi connectivity index (χ3v) is 11.2. The number of hydrogen-bond acceptors (Lipinski definition) is 4. The lowest BCUT2D eigenvalue weighted by atomic mass is 9.43. The van der Waals surface area contributed by atoms with Gasteiger partial charge < -0.3 is 14.4 Å². The number of alkyl halides is 3. The quantitative estimate of drug-likeness (QED) is 0.461. The Balaban J connectivity index is 1.30. The maximum atomic E-state index is 13.2. The normalized spacial score (nSPS) is 39.6. The van der Waals surface area contributed by atoms with Crippen molar-refractivity contribution in [2.24, 2.45) is 17.3 Å². The Kier molecular flexibility index (Phi) is 5.19. The molecule has 5 unspecified atom stereocenters. The van der Waals surface area contributed by atoms with E-state index in [9.17, 15) is 4.79 Å². The smallest absolute Gasteiger partial charge is 0.410 e. The highest BCUT2D eigenvalue weighted by Crippen LogP contribution is 2.75. The number of benzene rings is 1. The van der Waals surface area contributed by atoms with Gasteiger partial charge in [0.1, 0.15) is 12.4 Å². The SMILES string of the molecule is COc1ccc2c(c1)C13CCN(C4CCC4)C(C2)C12CCC1C3[C@@H](CN1C(=O)OCC(Cl)(Cl)Cl)C2. The molecular formula is C27H33Cl3N2O3. The van der Waals surface area contributed by atoms with Gasteiger partial charge in [0.15, 0.2) is 0 Å². The van der Waals surface area contributed by atoms with E-state index in [0.717, 1.165) is 31.2 Å². The van der Waals surface area contributed by atoms with Crippen molar-refractivity contribution >= 4 is 40.9 Å². The van der Waals surface area contributed by atoms with Crippen LogP contribution in [-0.4, -0.2) is 64.6 Å². The predicted octanol–water partition coefficient (Wildman–Crippen LogP) is 5.72. The van der Waals surface area contributed by atoms with Crippen LogP contribution in [0.5, 0.6) is 5.75 Å². The van der Waals surface area contributed by atoms with Crippen molar-refractivity contribution in [3.8, 4) is 5.75 Å². The van der Waals surface area contributed by atoms with Gasteiger partial charge >= 0.3 is 6.09 Å². The summed E-state index contributed by atoms with van der Waals surface area (Å²) in [5.74, 6) is 1.89. The van der Waals surface area contributed by atoms with Gasteiger partial charge in [-0.05, 0) is 92.0 Å². The molecule has 7 rings (SSSR count). The monoisotopic (exact) mass is 538 g/mol. The first-order valence-corrected chi connectivity index (χ1v) is 14.3. The van der Waals surface area contributed by atoms with E-state index in [4.69, 9.17) is 44.3 Å². The lowest BCUT2D eigenvalue weighted by Crippen LogP contribution is -2.71. The van der Waals surface area contributed by atoms with Gasteiger partial charge in [-0.25, -0.2) is 4.79 Å². The fourth-order valence-electron chi connectivity index (χ4n) is 9.75. The van der Waals surface area contributed by atoms with E-state index < -0.39 is 3.79 Å². The number of methoxy groups -OCH3 is 1. The third kappa shape index (κ3) is 3.08. The van der Waals surface area contributed by atoms with Crippen LogP contribution in [0.4, 0.5) is 4.79 Å². The van der Waals surface area contributed by atoms with Crippen LogP contribution in [0.1, 0.15) is 56.1 Å². The minimum absolute atomic E-state index is 0.0951. The predicted molar refractivity (Wildman–Crippen MR) is 137 cm³/mol. The molecule has 1 aromatic carbocycles. The number of fused-ring (bicyclic) bond motifs is 1. The van der Waals surface area contributed by atoms with Gasteiger partial charge in [-0.15, -0.1) is 0 Å². The van der Waals surface area contributed by atoms with Crippen molar-refractivity contribution in [2.45, 2.75) is 78.7 Å². The molecule has 0 aromatic heterocycles. The number of likely N-dealkylation sites (tertiary alicyclic amines) is 2. The van der Waals surface area contributed by atoms with E-state index in [1.807, 2.05) is 4.90 Å². The highest BCUT2D eigenvalue weighted by atomic mass is 35.6. The fraction of sp³-hybridized carbons (Fsp3) is 0.741. The van der Waals surface area contributed by atoms with Gasteiger partial charge in [0.25, 0.3) is 0 Å². The minimum Gasteiger partial charge on any atom is -0.497 e. The number of piperidine rings is 1. The number of carbonyl (C=O) groups excluding carboxylic acids is 1. The molecule has 3 saturated carbocycles. The Morgan fingerprint density at radius 3 is 2.74 bits per heavy atom. The summed E-state index contributed by atoms with van der Waals surface area (Å²) in [4.78, 5) is 18.1. The molecule has 0 spiro atoms. The Morgan fingerprint density at radius 2 is 2.03 bits per heavy atom. The zero-order valence-electron chi connectivity index (χ0n) is 20.2. The molecule has 2 aliphatic heterocycles. The molecule has 5 fully saturated rings. The summed E-state index contributed by atoms with van der Waals surface area (Å²) in [6, 6.07) is 8.36. The van der Waals surface area contributed by atoms with Crippen molar-refractivity contribution in [1.29, 1.82) is 0 Å². The molecule has 6 aliphatic rings. The molecule has 1 amide bonds. The Hall–Kier alpha value is -0.880. The first-order chi connectivity index (χ1) is 16.8. The molecule has 8 heteroatoms. The Morgan fingerprint density at radius 1 is 1.20 bits per heavy atom. The zero-order valence-corrected chi connectivity index (χ0v) is 22.4. The van der Waals surface area contributed by atoms with Crippen molar-refractivity contribution < 1.29 is 14.3 Å². The second-order valence-electron chi connectivity index (χ2n) is 11.9. The molecule has 0 N–H and O–H groups in total. The number of amides is 1. The average molecular weight is 540 g/mol. The van der Waals surface area contributed by atoms with E-state index in [-0.39, 0.29) is 24.2 Å². The first-order valence-electron chi connectivity index (χ1n) is 13.2.